The first-order valence-corrected chi connectivity index (χ1v) is 7.03. The fourth-order valence-corrected chi connectivity index (χ4v) is 2.10. The summed E-state index contributed by atoms with van der Waals surface area (Å²) in [4.78, 5) is 23.2. The largest absolute Gasteiger partial charge is 0.288 e. The Morgan fingerprint density at radius 1 is 1.05 bits per heavy atom. The first kappa shape index (κ1) is 15.9. The maximum Gasteiger partial charge on any atom is 0.274 e. The predicted octanol–water partition coefficient (Wildman–Crippen LogP) is 2.33. The van der Waals surface area contributed by atoms with Crippen LogP contribution in [0.4, 0.5) is 0 Å². The van der Waals surface area contributed by atoms with Gasteiger partial charge in [0.25, 0.3) is 11.8 Å². The highest BCUT2D eigenvalue weighted by Crippen LogP contribution is 2.10. The van der Waals surface area contributed by atoms with Crippen LogP contribution in [0.1, 0.15) is 26.3 Å². The summed E-state index contributed by atoms with van der Waals surface area (Å²) in [5.41, 5.74) is 5.14. The maximum absolute atomic E-state index is 11.9. The van der Waals surface area contributed by atoms with Crippen molar-refractivity contribution in [1.82, 2.24) is 10.9 Å². The summed E-state index contributed by atoms with van der Waals surface area (Å²) >= 11 is 3.34. The van der Waals surface area contributed by atoms with Gasteiger partial charge in [0.2, 0.25) is 0 Å². The van der Waals surface area contributed by atoms with E-state index in [1.165, 1.54) is 36.0 Å². The van der Waals surface area contributed by atoms with Gasteiger partial charge in [0, 0.05) is 15.6 Å². The molecule has 3 N–H and O–H groups in total. The highest BCUT2D eigenvalue weighted by Gasteiger charge is 2.09. The lowest BCUT2D eigenvalue weighted by atomic mass is 10.1. The summed E-state index contributed by atoms with van der Waals surface area (Å²) in [6.45, 7) is 0. The van der Waals surface area contributed by atoms with Crippen LogP contribution < -0.4 is 10.9 Å². The number of hydrogen-bond donors (Lipinski definition) is 3. The van der Waals surface area contributed by atoms with Crippen molar-refractivity contribution < 1.29 is 14.8 Å². The number of rotatable bonds is 4. The molecule has 0 saturated heterocycles. The summed E-state index contributed by atoms with van der Waals surface area (Å²) in [6, 6.07) is 13.3. The lowest BCUT2D eigenvalue weighted by molar-refractivity contribution is 0.0706. The molecule has 7 heteroatoms. The van der Waals surface area contributed by atoms with Gasteiger partial charge >= 0.3 is 0 Å². The summed E-state index contributed by atoms with van der Waals surface area (Å²) in [5.74, 6) is -1.15. The van der Waals surface area contributed by atoms with Gasteiger partial charge in [0.15, 0.2) is 0 Å². The van der Waals surface area contributed by atoms with Crippen LogP contribution in [0, 0.1) is 0 Å². The fourth-order valence-electron chi connectivity index (χ4n) is 1.68. The number of hydrazone groups is 1. The minimum absolute atomic E-state index is 0.172. The first-order chi connectivity index (χ1) is 10.6. The molecule has 0 aliphatic rings. The van der Waals surface area contributed by atoms with E-state index in [4.69, 9.17) is 5.21 Å². The fraction of sp³-hybridized carbons (Fsp3) is 0. The van der Waals surface area contributed by atoms with E-state index in [1.807, 2.05) is 24.3 Å². The molecule has 0 atom stereocenters. The van der Waals surface area contributed by atoms with Crippen molar-refractivity contribution >= 4 is 34.0 Å². The third-order valence-electron chi connectivity index (χ3n) is 2.72. The van der Waals surface area contributed by atoms with Gasteiger partial charge in [-0.15, -0.1) is 0 Å². The lowest BCUT2D eigenvalue weighted by Crippen LogP contribution is -2.21. The molecule has 6 nitrogen and oxygen atoms in total. The normalized spacial score (nSPS) is 10.5. The number of hydroxylamine groups is 1. The van der Waals surface area contributed by atoms with Crippen LogP contribution in [0.3, 0.4) is 0 Å². The Kier molecular flexibility index (Phi) is 5.40. The standard InChI is InChI=1S/C15H12BrN3O3/c16-13-6-1-3-10(7-13)9-17-18-14(20)11-4-2-5-12(8-11)15(21)19-22/h1-9,22H,(H,18,20)(H,19,21)/b17-9+. The minimum Gasteiger partial charge on any atom is -0.288 e. The molecule has 0 unspecified atom stereocenters. The predicted molar refractivity (Wildman–Crippen MR) is 84.9 cm³/mol. The van der Waals surface area contributed by atoms with Gasteiger partial charge in [-0.25, -0.2) is 10.9 Å². The van der Waals surface area contributed by atoms with E-state index in [0.29, 0.717) is 0 Å². The molecular weight excluding hydrogens is 350 g/mol. The number of amides is 2. The Morgan fingerprint density at radius 3 is 2.41 bits per heavy atom. The highest BCUT2D eigenvalue weighted by atomic mass is 79.9. The van der Waals surface area contributed by atoms with E-state index in [2.05, 4.69) is 26.5 Å². The molecule has 22 heavy (non-hydrogen) atoms. The summed E-state index contributed by atoms with van der Waals surface area (Å²) in [6.07, 6.45) is 1.51. The molecule has 0 aliphatic carbocycles. The van der Waals surface area contributed by atoms with Gasteiger partial charge in [0.05, 0.1) is 6.21 Å². The molecule has 0 radical (unpaired) electrons. The molecule has 0 bridgehead atoms. The van der Waals surface area contributed by atoms with Crippen LogP contribution in [0.15, 0.2) is 58.1 Å². The number of nitrogens with one attached hydrogen (secondary N) is 2. The molecule has 0 aromatic heterocycles. The Bertz CT molecular complexity index is 731. The molecule has 0 saturated carbocycles. The third-order valence-corrected chi connectivity index (χ3v) is 3.21. The number of carbonyl (C=O) groups excluding carboxylic acids is 2. The van der Waals surface area contributed by atoms with Crippen molar-refractivity contribution in [2.75, 3.05) is 0 Å². The average Bonchev–Trinajstić information content (AvgIpc) is 2.54. The van der Waals surface area contributed by atoms with Gasteiger partial charge in [-0.3, -0.25) is 14.8 Å². The molecule has 0 aliphatic heterocycles. The van der Waals surface area contributed by atoms with E-state index < -0.39 is 11.8 Å². The van der Waals surface area contributed by atoms with E-state index in [0.717, 1.165) is 10.0 Å². The summed E-state index contributed by atoms with van der Waals surface area (Å²) < 4.78 is 0.908. The van der Waals surface area contributed by atoms with E-state index in [9.17, 15) is 9.59 Å². The molecule has 0 spiro atoms. The van der Waals surface area contributed by atoms with Crippen LogP contribution in [-0.2, 0) is 0 Å². The quantitative estimate of drug-likeness (QED) is 0.443. The zero-order valence-corrected chi connectivity index (χ0v) is 12.9. The molecule has 0 heterocycles. The van der Waals surface area contributed by atoms with Crippen molar-refractivity contribution in [1.29, 1.82) is 0 Å². The smallest absolute Gasteiger partial charge is 0.274 e. The monoisotopic (exact) mass is 361 g/mol. The Labute approximate surface area is 134 Å². The second kappa shape index (κ2) is 7.48. The van der Waals surface area contributed by atoms with E-state index in [-0.39, 0.29) is 11.1 Å². The third kappa shape index (κ3) is 4.24. The van der Waals surface area contributed by atoms with Crippen molar-refractivity contribution in [3.05, 3.63) is 69.7 Å². The van der Waals surface area contributed by atoms with E-state index in [1.54, 1.807) is 0 Å². The molecule has 112 valence electrons. The van der Waals surface area contributed by atoms with E-state index >= 15 is 0 Å². The van der Waals surface area contributed by atoms with Gasteiger partial charge in [0.1, 0.15) is 0 Å². The van der Waals surface area contributed by atoms with Crippen LogP contribution in [0.2, 0.25) is 0 Å². The van der Waals surface area contributed by atoms with Crippen LogP contribution >= 0.6 is 15.9 Å². The average molecular weight is 362 g/mol. The molecule has 2 aromatic carbocycles. The highest BCUT2D eigenvalue weighted by molar-refractivity contribution is 9.10. The molecule has 2 rings (SSSR count). The Balaban J connectivity index is 2.05. The number of hydrogen-bond acceptors (Lipinski definition) is 4. The van der Waals surface area contributed by atoms with Crippen molar-refractivity contribution in [3.63, 3.8) is 0 Å². The summed E-state index contributed by atoms with van der Waals surface area (Å²) in [7, 11) is 0. The van der Waals surface area contributed by atoms with Gasteiger partial charge in [-0.05, 0) is 35.9 Å². The second-order valence-corrected chi connectivity index (χ2v) is 5.19. The minimum atomic E-state index is -0.688. The lowest BCUT2D eigenvalue weighted by Gasteiger charge is -2.03. The zero-order valence-electron chi connectivity index (χ0n) is 11.3. The van der Waals surface area contributed by atoms with Crippen LogP contribution in [0.5, 0.6) is 0 Å². The summed E-state index contributed by atoms with van der Waals surface area (Å²) in [5, 5.41) is 12.4. The van der Waals surface area contributed by atoms with Crippen molar-refractivity contribution in [3.8, 4) is 0 Å². The molecule has 0 fully saturated rings. The Morgan fingerprint density at radius 2 is 1.73 bits per heavy atom. The van der Waals surface area contributed by atoms with Crippen LogP contribution in [0.25, 0.3) is 0 Å². The van der Waals surface area contributed by atoms with Crippen molar-refractivity contribution in [2.45, 2.75) is 0 Å². The topological polar surface area (TPSA) is 90.8 Å². The number of benzene rings is 2. The van der Waals surface area contributed by atoms with Crippen LogP contribution in [-0.4, -0.2) is 23.2 Å². The second-order valence-electron chi connectivity index (χ2n) is 4.28. The SMILES string of the molecule is O=C(NO)c1cccc(C(=O)N/N=C/c2cccc(Br)c2)c1. The number of nitrogens with zero attached hydrogens (tertiary/aromatic N) is 1. The Hall–Kier alpha value is -2.51. The molecular formula is C15H12BrN3O3. The van der Waals surface area contributed by atoms with Gasteiger partial charge in [-0.2, -0.15) is 5.10 Å². The number of halogens is 1. The maximum atomic E-state index is 11.9. The molecule has 2 amide bonds. The molecule has 2 aromatic rings. The van der Waals surface area contributed by atoms with Gasteiger partial charge < -0.3 is 0 Å². The van der Waals surface area contributed by atoms with Gasteiger partial charge in [-0.1, -0.05) is 34.1 Å². The zero-order chi connectivity index (χ0) is 15.9. The number of carbonyl (C=O) groups is 2. The first-order valence-electron chi connectivity index (χ1n) is 6.23. The van der Waals surface area contributed by atoms with Crippen molar-refractivity contribution in [2.24, 2.45) is 5.10 Å².